The molecule has 1 heterocycles. The Morgan fingerprint density at radius 1 is 1.17 bits per heavy atom. The summed E-state index contributed by atoms with van der Waals surface area (Å²) in [5.41, 5.74) is 2.99. The van der Waals surface area contributed by atoms with Gasteiger partial charge in [-0.1, -0.05) is 31.2 Å². The first-order valence-electron chi connectivity index (χ1n) is 4.61. The highest BCUT2D eigenvalue weighted by atomic mass is 14.9. The van der Waals surface area contributed by atoms with E-state index < -0.39 is 0 Å². The largest absolute Gasteiger partial charge is 0.310 e. The van der Waals surface area contributed by atoms with Crippen molar-refractivity contribution in [3.63, 3.8) is 0 Å². The summed E-state index contributed by atoms with van der Waals surface area (Å²) in [6.07, 6.45) is 0. The fraction of sp³-hybridized carbons (Fsp3) is 0.455. The Morgan fingerprint density at radius 2 is 1.83 bits per heavy atom. The molecule has 0 aromatic heterocycles. The molecule has 0 saturated heterocycles. The van der Waals surface area contributed by atoms with Gasteiger partial charge in [-0.15, -0.1) is 0 Å². The van der Waals surface area contributed by atoms with Crippen LogP contribution in [0.3, 0.4) is 0 Å². The Bertz CT molecular complexity index is 251. The molecular formula is C11H15N. The predicted octanol–water partition coefficient (Wildman–Crippen LogP) is 2.45. The summed E-state index contributed by atoms with van der Waals surface area (Å²) in [6, 6.07) is 9.25. The Kier molecular flexibility index (Phi) is 1.89. The first-order valence-corrected chi connectivity index (χ1v) is 4.61. The van der Waals surface area contributed by atoms with Gasteiger partial charge in [0.15, 0.2) is 0 Å². The maximum absolute atomic E-state index is 3.49. The smallest absolute Gasteiger partial charge is 0.0294 e. The van der Waals surface area contributed by atoms with Gasteiger partial charge >= 0.3 is 0 Å². The molecule has 12 heavy (non-hydrogen) atoms. The molecule has 0 fully saturated rings. The Hall–Kier alpha value is -0.820. The molecule has 1 N–H and O–H groups in total. The van der Waals surface area contributed by atoms with Crippen molar-refractivity contribution in [2.24, 2.45) is 0 Å². The first kappa shape index (κ1) is 7.81. The minimum absolute atomic E-state index is 0.525. The second kappa shape index (κ2) is 2.91. The maximum atomic E-state index is 3.49. The fourth-order valence-electron chi connectivity index (χ4n) is 1.93. The molecule has 2 unspecified atom stereocenters. The van der Waals surface area contributed by atoms with E-state index in [9.17, 15) is 0 Å². The van der Waals surface area contributed by atoms with E-state index >= 15 is 0 Å². The van der Waals surface area contributed by atoms with Crippen LogP contribution >= 0.6 is 0 Å². The summed E-state index contributed by atoms with van der Waals surface area (Å²) in [5, 5.41) is 3.49. The average molecular weight is 161 g/mol. The number of benzene rings is 1. The summed E-state index contributed by atoms with van der Waals surface area (Å²) in [4.78, 5) is 0. The summed E-state index contributed by atoms with van der Waals surface area (Å²) in [7, 11) is 0. The van der Waals surface area contributed by atoms with Crippen molar-refractivity contribution in [1.29, 1.82) is 0 Å². The van der Waals surface area contributed by atoms with Gasteiger partial charge in [-0.2, -0.15) is 0 Å². The van der Waals surface area contributed by atoms with Crippen molar-refractivity contribution in [3.05, 3.63) is 35.4 Å². The Morgan fingerprint density at radius 3 is 2.50 bits per heavy atom. The Labute approximate surface area is 73.8 Å². The first-order chi connectivity index (χ1) is 5.79. The Balaban J connectivity index is 2.47. The van der Waals surface area contributed by atoms with Crippen LogP contribution in [-0.4, -0.2) is 6.54 Å². The third-order valence-electron chi connectivity index (χ3n) is 2.72. The van der Waals surface area contributed by atoms with Crippen molar-refractivity contribution in [2.75, 3.05) is 6.54 Å². The molecule has 1 nitrogen and oxygen atoms in total. The standard InChI is InChI=1S/C11H15N/c1-8-7-12-9(2)11-6-4-3-5-10(8)11/h3-6,8-9,12H,7H2,1-2H3. The van der Waals surface area contributed by atoms with Gasteiger partial charge in [0.2, 0.25) is 0 Å². The lowest BCUT2D eigenvalue weighted by Gasteiger charge is -2.28. The molecular weight excluding hydrogens is 146 g/mol. The van der Waals surface area contributed by atoms with Gasteiger partial charge in [-0.3, -0.25) is 0 Å². The zero-order chi connectivity index (χ0) is 8.55. The fourth-order valence-corrected chi connectivity index (χ4v) is 1.93. The average Bonchev–Trinajstić information content (AvgIpc) is 2.12. The van der Waals surface area contributed by atoms with Gasteiger partial charge in [0.25, 0.3) is 0 Å². The van der Waals surface area contributed by atoms with Crippen molar-refractivity contribution in [3.8, 4) is 0 Å². The number of fused-ring (bicyclic) bond motifs is 1. The molecule has 1 heteroatoms. The van der Waals surface area contributed by atoms with Crippen molar-refractivity contribution in [1.82, 2.24) is 5.32 Å². The number of hydrogen-bond acceptors (Lipinski definition) is 1. The zero-order valence-corrected chi connectivity index (χ0v) is 7.67. The SMILES string of the molecule is CC1CNC(C)c2ccccc21. The van der Waals surface area contributed by atoms with Gasteiger partial charge in [0.1, 0.15) is 0 Å². The number of rotatable bonds is 0. The van der Waals surface area contributed by atoms with Gasteiger partial charge in [-0.05, 0) is 24.0 Å². The molecule has 2 atom stereocenters. The monoisotopic (exact) mass is 161 g/mol. The predicted molar refractivity (Wildman–Crippen MR) is 51.3 cm³/mol. The van der Waals surface area contributed by atoms with Crippen LogP contribution in [0.2, 0.25) is 0 Å². The highest BCUT2D eigenvalue weighted by molar-refractivity contribution is 5.34. The lowest BCUT2D eigenvalue weighted by molar-refractivity contribution is 0.495. The topological polar surface area (TPSA) is 12.0 Å². The van der Waals surface area contributed by atoms with Gasteiger partial charge < -0.3 is 5.32 Å². The van der Waals surface area contributed by atoms with E-state index in [-0.39, 0.29) is 0 Å². The molecule has 64 valence electrons. The van der Waals surface area contributed by atoms with Crippen molar-refractivity contribution < 1.29 is 0 Å². The van der Waals surface area contributed by atoms with E-state index in [1.165, 1.54) is 11.1 Å². The molecule has 1 aromatic carbocycles. The van der Waals surface area contributed by atoms with Gasteiger partial charge in [0, 0.05) is 12.6 Å². The highest BCUT2D eigenvalue weighted by Gasteiger charge is 2.19. The quantitative estimate of drug-likeness (QED) is 0.616. The molecule has 1 aliphatic heterocycles. The van der Waals surface area contributed by atoms with Gasteiger partial charge in [-0.25, -0.2) is 0 Å². The maximum Gasteiger partial charge on any atom is 0.0294 e. The van der Waals surface area contributed by atoms with Crippen molar-refractivity contribution in [2.45, 2.75) is 25.8 Å². The molecule has 1 aliphatic rings. The van der Waals surface area contributed by atoms with Gasteiger partial charge in [0.05, 0.1) is 0 Å². The molecule has 0 amide bonds. The summed E-state index contributed by atoms with van der Waals surface area (Å²) in [6.45, 7) is 5.61. The zero-order valence-electron chi connectivity index (χ0n) is 7.67. The van der Waals surface area contributed by atoms with E-state index in [0.717, 1.165) is 6.54 Å². The molecule has 0 radical (unpaired) electrons. The lowest BCUT2D eigenvalue weighted by Crippen LogP contribution is -2.30. The summed E-state index contributed by atoms with van der Waals surface area (Å²) < 4.78 is 0. The molecule has 2 rings (SSSR count). The van der Waals surface area contributed by atoms with Crippen LogP contribution in [0.15, 0.2) is 24.3 Å². The van der Waals surface area contributed by atoms with Crippen molar-refractivity contribution >= 4 is 0 Å². The van der Waals surface area contributed by atoms with Crippen LogP contribution in [0.4, 0.5) is 0 Å². The number of nitrogens with one attached hydrogen (secondary N) is 1. The molecule has 0 spiro atoms. The van der Waals surface area contributed by atoms with E-state index in [4.69, 9.17) is 0 Å². The van der Waals surface area contributed by atoms with Crippen LogP contribution < -0.4 is 5.32 Å². The minimum Gasteiger partial charge on any atom is -0.310 e. The van der Waals surface area contributed by atoms with Crippen LogP contribution in [-0.2, 0) is 0 Å². The third-order valence-corrected chi connectivity index (χ3v) is 2.72. The van der Waals surface area contributed by atoms with E-state index in [2.05, 4.69) is 43.4 Å². The third kappa shape index (κ3) is 1.14. The van der Waals surface area contributed by atoms with Crippen LogP contribution in [0.25, 0.3) is 0 Å². The minimum atomic E-state index is 0.525. The lowest BCUT2D eigenvalue weighted by atomic mass is 9.88. The summed E-state index contributed by atoms with van der Waals surface area (Å²) >= 11 is 0. The molecule has 0 bridgehead atoms. The molecule has 1 aromatic rings. The van der Waals surface area contributed by atoms with E-state index in [1.54, 1.807) is 0 Å². The highest BCUT2D eigenvalue weighted by Crippen LogP contribution is 2.28. The summed E-state index contributed by atoms with van der Waals surface area (Å²) in [5.74, 6) is 0.664. The number of hydrogen-bond donors (Lipinski definition) is 1. The van der Waals surface area contributed by atoms with E-state index in [1.807, 2.05) is 0 Å². The molecule has 0 aliphatic carbocycles. The van der Waals surface area contributed by atoms with Crippen LogP contribution in [0.5, 0.6) is 0 Å². The van der Waals surface area contributed by atoms with Crippen LogP contribution in [0, 0.1) is 0 Å². The second-order valence-corrected chi connectivity index (χ2v) is 3.66. The van der Waals surface area contributed by atoms with Crippen LogP contribution in [0.1, 0.15) is 36.9 Å². The normalized spacial score (nSPS) is 28.2. The van der Waals surface area contributed by atoms with E-state index in [0.29, 0.717) is 12.0 Å². The molecule has 0 saturated carbocycles. The second-order valence-electron chi connectivity index (χ2n) is 3.66.